The molecule has 2 aliphatic heterocycles. The zero-order valence-corrected chi connectivity index (χ0v) is 12.3. The number of ether oxygens (including phenoxy) is 1. The van der Waals surface area contributed by atoms with E-state index in [2.05, 4.69) is 5.32 Å². The standard InChI is InChI=1S/C16H20N2O3/c1-10-3-5-11(6-4-10)17-14-13-9-12(19)7-8-18(13)16(20)15(14)21-2/h3-6,13-15,17H,7-9H2,1-2H3/t13-,14+,15-/m1/s1. The number of carbonyl (C=O) groups excluding carboxylic acids is 2. The quantitative estimate of drug-likeness (QED) is 0.912. The molecule has 0 spiro atoms. The Morgan fingerprint density at radius 2 is 1.95 bits per heavy atom. The number of hydrogen-bond acceptors (Lipinski definition) is 4. The fraction of sp³-hybridized carbons (Fsp3) is 0.500. The first-order valence-corrected chi connectivity index (χ1v) is 7.28. The highest BCUT2D eigenvalue weighted by Crippen LogP contribution is 2.31. The molecule has 5 nitrogen and oxygen atoms in total. The molecule has 1 aromatic carbocycles. The van der Waals surface area contributed by atoms with Gasteiger partial charge in [-0.3, -0.25) is 9.59 Å². The van der Waals surface area contributed by atoms with Crippen molar-refractivity contribution in [2.24, 2.45) is 0 Å². The Morgan fingerprint density at radius 3 is 2.62 bits per heavy atom. The number of ketones is 1. The van der Waals surface area contributed by atoms with Crippen LogP contribution in [0.1, 0.15) is 18.4 Å². The summed E-state index contributed by atoms with van der Waals surface area (Å²) in [7, 11) is 1.55. The molecule has 0 aromatic heterocycles. The van der Waals surface area contributed by atoms with Crippen molar-refractivity contribution < 1.29 is 14.3 Å². The first-order chi connectivity index (χ1) is 10.1. The average Bonchev–Trinajstić information content (AvgIpc) is 2.73. The van der Waals surface area contributed by atoms with E-state index >= 15 is 0 Å². The van der Waals surface area contributed by atoms with Gasteiger partial charge in [-0.1, -0.05) is 17.7 Å². The molecule has 0 saturated carbocycles. The number of carbonyl (C=O) groups is 2. The van der Waals surface area contributed by atoms with Crippen molar-refractivity contribution in [2.45, 2.75) is 38.0 Å². The predicted octanol–water partition coefficient (Wildman–Crippen LogP) is 1.36. The van der Waals surface area contributed by atoms with Crippen LogP contribution in [0, 0.1) is 6.92 Å². The summed E-state index contributed by atoms with van der Waals surface area (Å²) >= 11 is 0. The third-order valence-corrected chi connectivity index (χ3v) is 4.37. The molecule has 0 aliphatic carbocycles. The van der Waals surface area contributed by atoms with E-state index in [0.29, 0.717) is 19.4 Å². The van der Waals surface area contributed by atoms with E-state index < -0.39 is 6.10 Å². The zero-order valence-electron chi connectivity index (χ0n) is 12.3. The largest absolute Gasteiger partial charge is 0.377 e. The number of amides is 1. The first-order valence-electron chi connectivity index (χ1n) is 7.28. The summed E-state index contributed by atoms with van der Waals surface area (Å²) in [6, 6.07) is 7.72. The topological polar surface area (TPSA) is 58.6 Å². The third kappa shape index (κ3) is 2.53. The number of nitrogens with one attached hydrogen (secondary N) is 1. The lowest BCUT2D eigenvalue weighted by atomic mass is 9.97. The highest BCUT2D eigenvalue weighted by molar-refractivity contribution is 5.90. The first kappa shape index (κ1) is 14.1. The van der Waals surface area contributed by atoms with Gasteiger partial charge in [0.05, 0.1) is 12.1 Å². The van der Waals surface area contributed by atoms with Gasteiger partial charge < -0.3 is 15.0 Å². The van der Waals surface area contributed by atoms with E-state index in [1.165, 1.54) is 5.56 Å². The van der Waals surface area contributed by atoms with Gasteiger partial charge in [0.1, 0.15) is 5.78 Å². The van der Waals surface area contributed by atoms with Crippen molar-refractivity contribution in [2.75, 3.05) is 19.0 Å². The van der Waals surface area contributed by atoms with E-state index in [1.54, 1.807) is 12.0 Å². The van der Waals surface area contributed by atoms with Crippen LogP contribution in [0.4, 0.5) is 5.69 Å². The van der Waals surface area contributed by atoms with Crippen LogP contribution in [0.2, 0.25) is 0 Å². The second kappa shape index (κ2) is 5.48. The molecule has 1 amide bonds. The minimum atomic E-state index is -0.526. The van der Waals surface area contributed by atoms with E-state index in [4.69, 9.17) is 4.74 Å². The Bertz CT molecular complexity index is 555. The normalized spacial score (nSPS) is 28.7. The molecule has 2 aliphatic rings. The van der Waals surface area contributed by atoms with Crippen LogP contribution in [-0.4, -0.2) is 48.4 Å². The molecule has 21 heavy (non-hydrogen) atoms. The molecule has 3 atom stereocenters. The van der Waals surface area contributed by atoms with Gasteiger partial charge in [-0.25, -0.2) is 0 Å². The van der Waals surface area contributed by atoms with E-state index in [-0.39, 0.29) is 23.8 Å². The number of piperidine rings is 1. The van der Waals surface area contributed by atoms with Crippen LogP contribution in [-0.2, 0) is 14.3 Å². The minimum Gasteiger partial charge on any atom is -0.377 e. The van der Waals surface area contributed by atoms with Gasteiger partial charge >= 0.3 is 0 Å². The van der Waals surface area contributed by atoms with Crippen molar-refractivity contribution in [3.63, 3.8) is 0 Å². The van der Waals surface area contributed by atoms with Crippen molar-refractivity contribution in [3.8, 4) is 0 Å². The van der Waals surface area contributed by atoms with Gasteiger partial charge in [0.2, 0.25) is 0 Å². The maximum atomic E-state index is 12.4. The lowest BCUT2D eigenvalue weighted by Gasteiger charge is -2.32. The summed E-state index contributed by atoms with van der Waals surface area (Å²) in [4.78, 5) is 25.9. The fourth-order valence-corrected chi connectivity index (χ4v) is 3.23. The van der Waals surface area contributed by atoms with Gasteiger partial charge in [0, 0.05) is 32.2 Å². The van der Waals surface area contributed by atoms with Crippen molar-refractivity contribution >= 4 is 17.4 Å². The molecule has 0 radical (unpaired) electrons. The average molecular weight is 288 g/mol. The van der Waals surface area contributed by atoms with E-state index in [9.17, 15) is 9.59 Å². The number of Topliss-reactive ketones (excluding diaryl/α,β-unsaturated/α-hetero) is 1. The molecule has 0 bridgehead atoms. The van der Waals surface area contributed by atoms with Crippen LogP contribution in [0.5, 0.6) is 0 Å². The number of benzene rings is 1. The van der Waals surface area contributed by atoms with Gasteiger partial charge in [-0.2, -0.15) is 0 Å². The Kier molecular flexibility index (Phi) is 3.68. The number of fused-ring (bicyclic) bond motifs is 1. The summed E-state index contributed by atoms with van der Waals surface area (Å²) in [6.45, 7) is 2.54. The van der Waals surface area contributed by atoms with E-state index in [0.717, 1.165) is 5.69 Å². The highest BCUT2D eigenvalue weighted by atomic mass is 16.5. The smallest absolute Gasteiger partial charge is 0.254 e. The zero-order chi connectivity index (χ0) is 15.0. The van der Waals surface area contributed by atoms with Gasteiger partial charge in [-0.15, -0.1) is 0 Å². The molecule has 0 unspecified atom stereocenters. The molecule has 2 saturated heterocycles. The molecular formula is C16H20N2O3. The summed E-state index contributed by atoms with van der Waals surface area (Å²) in [5.74, 6) is 0.205. The Labute approximate surface area is 124 Å². The molecule has 2 fully saturated rings. The molecule has 3 rings (SSSR count). The van der Waals surface area contributed by atoms with Crippen molar-refractivity contribution in [1.82, 2.24) is 4.90 Å². The van der Waals surface area contributed by atoms with Gasteiger partial charge in [0.15, 0.2) is 6.10 Å². The Hall–Kier alpha value is -1.88. The number of aryl methyl sites for hydroxylation is 1. The van der Waals surface area contributed by atoms with Gasteiger partial charge in [0.25, 0.3) is 5.91 Å². The summed E-state index contributed by atoms with van der Waals surface area (Å²) in [5, 5.41) is 3.38. The summed E-state index contributed by atoms with van der Waals surface area (Å²) < 4.78 is 5.39. The third-order valence-electron chi connectivity index (χ3n) is 4.37. The Morgan fingerprint density at radius 1 is 1.24 bits per heavy atom. The van der Waals surface area contributed by atoms with Crippen LogP contribution in [0.3, 0.4) is 0 Å². The Balaban J connectivity index is 1.84. The minimum absolute atomic E-state index is 0.0142. The van der Waals surface area contributed by atoms with Crippen molar-refractivity contribution in [3.05, 3.63) is 29.8 Å². The van der Waals surface area contributed by atoms with Crippen LogP contribution in [0.25, 0.3) is 0 Å². The predicted molar refractivity (Wildman–Crippen MR) is 79.1 cm³/mol. The molecule has 1 N–H and O–H groups in total. The number of hydrogen-bond donors (Lipinski definition) is 1. The summed E-state index contributed by atoms with van der Waals surface area (Å²) in [5.41, 5.74) is 2.13. The lowest BCUT2D eigenvalue weighted by molar-refractivity contribution is -0.138. The molecular weight excluding hydrogens is 268 g/mol. The fourth-order valence-electron chi connectivity index (χ4n) is 3.23. The number of methoxy groups -OCH3 is 1. The SMILES string of the molecule is CO[C@H]1C(=O)N2CCC(=O)C[C@@H]2[C@@H]1Nc1ccc(C)cc1. The molecule has 112 valence electrons. The second-order valence-corrected chi connectivity index (χ2v) is 5.78. The molecule has 1 aromatic rings. The van der Waals surface area contributed by atoms with E-state index in [1.807, 2.05) is 31.2 Å². The monoisotopic (exact) mass is 288 g/mol. The lowest BCUT2D eigenvalue weighted by Crippen LogP contribution is -2.46. The number of nitrogens with zero attached hydrogens (tertiary/aromatic N) is 1. The maximum Gasteiger partial charge on any atom is 0.254 e. The maximum absolute atomic E-state index is 12.4. The molecule has 2 heterocycles. The highest BCUT2D eigenvalue weighted by Gasteiger charge is 2.50. The van der Waals surface area contributed by atoms with Crippen LogP contribution < -0.4 is 5.32 Å². The summed E-state index contributed by atoms with van der Waals surface area (Å²) in [6.07, 6.45) is 0.340. The molecule has 5 heteroatoms. The van der Waals surface area contributed by atoms with Crippen LogP contribution >= 0.6 is 0 Å². The second-order valence-electron chi connectivity index (χ2n) is 5.78. The van der Waals surface area contributed by atoms with Crippen LogP contribution in [0.15, 0.2) is 24.3 Å². The van der Waals surface area contributed by atoms with Crippen molar-refractivity contribution in [1.29, 1.82) is 0 Å². The number of rotatable bonds is 3. The number of anilines is 1. The van der Waals surface area contributed by atoms with Gasteiger partial charge in [-0.05, 0) is 19.1 Å².